The zero-order valence-electron chi connectivity index (χ0n) is 7.86. The molecule has 2 N–H and O–H groups in total. The number of aryl methyl sites for hydroxylation is 1. The van der Waals surface area contributed by atoms with E-state index in [0.29, 0.717) is 17.6 Å². The fourth-order valence-corrected chi connectivity index (χ4v) is 1.39. The van der Waals surface area contributed by atoms with Crippen molar-refractivity contribution in [2.24, 2.45) is 11.7 Å². The van der Waals surface area contributed by atoms with Crippen LogP contribution in [0.2, 0.25) is 0 Å². The number of nitrogens with zero attached hydrogens (tertiary/aromatic N) is 2. The molecule has 0 bridgehead atoms. The highest BCUT2D eigenvalue weighted by Gasteiger charge is 2.32. The number of aromatic nitrogens is 2. The Morgan fingerprint density at radius 3 is 3.00 bits per heavy atom. The van der Waals surface area contributed by atoms with Crippen LogP contribution in [0.1, 0.15) is 43.9 Å². The lowest BCUT2D eigenvalue weighted by atomic mass is 10.2. The minimum Gasteiger partial charge on any atom is -0.339 e. The number of hydrogen-bond donors (Lipinski definition) is 1. The van der Waals surface area contributed by atoms with Crippen molar-refractivity contribution < 1.29 is 4.52 Å². The summed E-state index contributed by atoms with van der Waals surface area (Å²) in [4.78, 5) is 4.26. The third kappa shape index (κ3) is 1.88. The third-order valence-electron chi connectivity index (χ3n) is 2.38. The molecule has 2 rings (SSSR count). The van der Waals surface area contributed by atoms with Crippen LogP contribution >= 0.6 is 0 Å². The fraction of sp³-hybridized carbons (Fsp3) is 0.778. The summed E-state index contributed by atoms with van der Waals surface area (Å²) in [5.41, 5.74) is 5.92. The maximum absolute atomic E-state index is 5.92. The van der Waals surface area contributed by atoms with Gasteiger partial charge < -0.3 is 10.3 Å². The second-order valence-electron chi connectivity index (χ2n) is 3.66. The molecule has 0 aliphatic heterocycles. The standard InChI is InChI=1S/C9H15N3O/c1-2-3-7-11-9(12-13-7)8(10)6-4-5-6/h6,8H,2-5,10H2,1H3. The van der Waals surface area contributed by atoms with E-state index in [1.165, 1.54) is 12.8 Å². The number of nitrogens with two attached hydrogens (primary N) is 1. The van der Waals surface area contributed by atoms with Crippen molar-refractivity contribution in [1.82, 2.24) is 10.1 Å². The SMILES string of the molecule is CCCc1nc(C(N)C2CC2)no1. The maximum Gasteiger partial charge on any atom is 0.226 e. The van der Waals surface area contributed by atoms with Crippen molar-refractivity contribution in [3.8, 4) is 0 Å². The molecule has 1 heterocycles. The molecule has 0 radical (unpaired) electrons. The number of rotatable bonds is 4. The highest BCUT2D eigenvalue weighted by atomic mass is 16.5. The summed E-state index contributed by atoms with van der Waals surface area (Å²) in [5.74, 6) is 1.99. The molecule has 1 unspecified atom stereocenters. The summed E-state index contributed by atoms with van der Waals surface area (Å²) in [6, 6.07) is -0.00523. The van der Waals surface area contributed by atoms with Crippen molar-refractivity contribution >= 4 is 0 Å². The molecule has 1 aromatic heterocycles. The van der Waals surface area contributed by atoms with Gasteiger partial charge in [-0.3, -0.25) is 0 Å². The largest absolute Gasteiger partial charge is 0.339 e. The number of hydrogen-bond acceptors (Lipinski definition) is 4. The summed E-state index contributed by atoms with van der Waals surface area (Å²) >= 11 is 0. The summed E-state index contributed by atoms with van der Waals surface area (Å²) in [6.45, 7) is 2.09. The molecule has 1 fully saturated rings. The molecule has 4 heteroatoms. The van der Waals surface area contributed by atoms with Gasteiger partial charge in [0.05, 0.1) is 6.04 Å². The summed E-state index contributed by atoms with van der Waals surface area (Å²) in [5, 5.41) is 3.88. The Morgan fingerprint density at radius 1 is 1.62 bits per heavy atom. The van der Waals surface area contributed by atoms with Gasteiger partial charge in [0, 0.05) is 6.42 Å². The maximum atomic E-state index is 5.92. The minimum atomic E-state index is -0.00523. The topological polar surface area (TPSA) is 64.9 Å². The van der Waals surface area contributed by atoms with Gasteiger partial charge >= 0.3 is 0 Å². The molecule has 0 saturated heterocycles. The molecule has 0 spiro atoms. The van der Waals surface area contributed by atoms with Gasteiger partial charge in [0.25, 0.3) is 0 Å². The van der Waals surface area contributed by atoms with E-state index in [2.05, 4.69) is 17.1 Å². The van der Waals surface area contributed by atoms with Gasteiger partial charge in [-0.1, -0.05) is 12.1 Å². The van der Waals surface area contributed by atoms with Crippen LogP contribution in [0.25, 0.3) is 0 Å². The van der Waals surface area contributed by atoms with Gasteiger partial charge in [0.1, 0.15) is 0 Å². The second kappa shape index (κ2) is 3.46. The predicted octanol–water partition coefficient (Wildman–Crippen LogP) is 1.43. The van der Waals surface area contributed by atoms with E-state index in [1.807, 2.05) is 0 Å². The van der Waals surface area contributed by atoms with Crippen LogP contribution in [-0.4, -0.2) is 10.1 Å². The molecule has 1 aliphatic carbocycles. The Hall–Kier alpha value is -0.900. The molecule has 1 saturated carbocycles. The van der Waals surface area contributed by atoms with Crippen LogP contribution in [0.15, 0.2) is 4.52 Å². The first-order valence-corrected chi connectivity index (χ1v) is 4.89. The van der Waals surface area contributed by atoms with Crippen molar-refractivity contribution in [2.75, 3.05) is 0 Å². The summed E-state index contributed by atoms with van der Waals surface area (Å²) in [6.07, 6.45) is 4.29. The van der Waals surface area contributed by atoms with Gasteiger partial charge in [-0.2, -0.15) is 4.98 Å². The first kappa shape index (κ1) is 8.69. The molecule has 13 heavy (non-hydrogen) atoms. The summed E-state index contributed by atoms with van der Waals surface area (Å²) < 4.78 is 5.06. The molecule has 0 amide bonds. The lowest BCUT2D eigenvalue weighted by molar-refractivity contribution is 0.366. The predicted molar refractivity (Wildman–Crippen MR) is 47.9 cm³/mol. The minimum absolute atomic E-state index is 0.00523. The zero-order chi connectivity index (χ0) is 9.26. The smallest absolute Gasteiger partial charge is 0.226 e. The van der Waals surface area contributed by atoms with Crippen molar-refractivity contribution in [1.29, 1.82) is 0 Å². The molecule has 1 aromatic rings. The van der Waals surface area contributed by atoms with E-state index >= 15 is 0 Å². The van der Waals surface area contributed by atoms with Crippen molar-refractivity contribution in [3.05, 3.63) is 11.7 Å². The van der Waals surface area contributed by atoms with Crippen molar-refractivity contribution in [2.45, 2.75) is 38.6 Å². The lowest BCUT2D eigenvalue weighted by Gasteiger charge is -2.01. The molecule has 1 aliphatic rings. The Kier molecular flexibility index (Phi) is 2.31. The molecule has 4 nitrogen and oxygen atoms in total. The zero-order valence-corrected chi connectivity index (χ0v) is 7.86. The molecule has 1 atom stereocenters. The highest BCUT2D eigenvalue weighted by molar-refractivity contribution is 4.99. The molecular formula is C9H15N3O. The van der Waals surface area contributed by atoms with E-state index in [4.69, 9.17) is 10.3 Å². The average Bonchev–Trinajstić information content (AvgIpc) is 2.87. The Morgan fingerprint density at radius 2 is 2.38 bits per heavy atom. The van der Waals surface area contributed by atoms with Crippen LogP contribution in [0.4, 0.5) is 0 Å². The first-order valence-electron chi connectivity index (χ1n) is 4.89. The summed E-state index contributed by atoms with van der Waals surface area (Å²) in [7, 11) is 0. The van der Waals surface area contributed by atoms with E-state index < -0.39 is 0 Å². The van der Waals surface area contributed by atoms with E-state index in [-0.39, 0.29) is 6.04 Å². The van der Waals surface area contributed by atoms with Gasteiger partial charge in [0.2, 0.25) is 5.89 Å². The van der Waals surface area contributed by atoms with E-state index in [1.54, 1.807) is 0 Å². The normalized spacial score (nSPS) is 18.9. The highest BCUT2D eigenvalue weighted by Crippen LogP contribution is 2.38. The van der Waals surface area contributed by atoms with Gasteiger partial charge in [-0.05, 0) is 25.2 Å². The second-order valence-corrected chi connectivity index (χ2v) is 3.66. The Bertz CT molecular complexity index is 280. The quantitative estimate of drug-likeness (QED) is 0.763. The van der Waals surface area contributed by atoms with Crippen LogP contribution in [0.3, 0.4) is 0 Å². The lowest BCUT2D eigenvalue weighted by Crippen LogP contribution is -2.14. The van der Waals surface area contributed by atoms with Crippen LogP contribution in [-0.2, 0) is 6.42 Å². The van der Waals surface area contributed by atoms with E-state index in [9.17, 15) is 0 Å². The average molecular weight is 181 g/mol. The van der Waals surface area contributed by atoms with Crippen molar-refractivity contribution in [3.63, 3.8) is 0 Å². The molecule has 0 aromatic carbocycles. The Labute approximate surface area is 77.5 Å². The van der Waals surface area contributed by atoms with Crippen LogP contribution in [0.5, 0.6) is 0 Å². The van der Waals surface area contributed by atoms with Gasteiger partial charge in [0.15, 0.2) is 5.82 Å². The van der Waals surface area contributed by atoms with Gasteiger partial charge in [-0.25, -0.2) is 0 Å². The Balaban J connectivity index is 2.03. The first-order chi connectivity index (χ1) is 6.31. The van der Waals surface area contributed by atoms with Crippen LogP contribution in [0, 0.1) is 5.92 Å². The third-order valence-corrected chi connectivity index (χ3v) is 2.38. The monoisotopic (exact) mass is 181 g/mol. The molecule has 72 valence electrons. The van der Waals surface area contributed by atoms with Gasteiger partial charge in [-0.15, -0.1) is 0 Å². The van der Waals surface area contributed by atoms with Crippen LogP contribution < -0.4 is 5.73 Å². The molecular weight excluding hydrogens is 166 g/mol. The fourth-order valence-electron chi connectivity index (χ4n) is 1.39. The van der Waals surface area contributed by atoms with E-state index in [0.717, 1.165) is 12.8 Å².